The Bertz CT molecular complexity index is 856. The lowest BCUT2D eigenvalue weighted by Crippen LogP contribution is -2.33. The van der Waals surface area contributed by atoms with Crippen molar-refractivity contribution in [1.29, 1.82) is 0 Å². The summed E-state index contributed by atoms with van der Waals surface area (Å²) < 4.78 is 1.82. The Labute approximate surface area is 165 Å². The quantitative estimate of drug-likeness (QED) is 0.648. The molecule has 0 aliphatic carbocycles. The largest absolute Gasteiger partial charge is 0.355 e. The number of nitrogens with one attached hydrogen (secondary N) is 1. The summed E-state index contributed by atoms with van der Waals surface area (Å²) in [5, 5.41) is 7.98. The second-order valence-corrected chi connectivity index (χ2v) is 7.37. The van der Waals surface area contributed by atoms with Crippen molar-refractivity contribution in [1.82, 2.24) is 15.1 Å². The minimum atomic E-state index is -0.176. The SMILES string of the molecule is CC(C)[C@@H](C(=O)NCCc1ccc(-n2cccn2)cc1)c1ccc(Cl)cc1. The van der Waals surface area contributed by atoms with Gasteiger partial charge in [-0.15, -0.1) is 0 Å². The maximum absolute atomic E-state index is 12.7. The van der Waals surface area contributed by atoms with Crippen molar-refractivity contribution >= 4 is 17.5 Å². The van der Waals surface area contributed by atoms with E-state index in [4.69, 9.17) is 11.6 Å². The summed E-state index contributed by atoms with van der Waals surface area (Å²) in [6, 6.07) is 17.6. The third kappa shape index (κ3) is 4.98. The summed E-state index contributed by atoms with van der Waals surface area (Å²) in [6.07, 6.45) is 4.46. The number of amides is 1. The Morgan fingerprint density at radius 2 is 1.81 bits per heavy atom. The van der Waals surface area contributed by atoms with Crippen LogP contribution in [0, 0.1) is 5.92 Å². The molecule has 1 N–H and O–H groups in total. The summed E-state index contributed by atoms with van der Waals surface area (Å²) in [6.45, 7) is 4.73. The van der Waals surface area contributed by atoms with Gasteiger partial charge in [-0.05, 0) is 53.8 Å². The lowest BCUT2D eigenvalue weighted by atomic mass is 9.87. The molecule has 0 fully saturated rings. The molecule has 2 aromatic carbocycles. The van der Waals surface area contributed by atoms with Crippen LogP contribution in [0.25, 0.3) is 5.69 Å². The standard InChI is InChI=1S/C22H24ClN3O/c1-16(2)21(18-6-8-19(23)9-7-18)22(27)24-14-12-17-4-10-20(11-5-17)26-15-3-13-25-26/h3-11,13,15-16,21H,12,14H2,1-2H3,(H,24,27)/t21-/m1/s1. The molecule has 5 heteroatoms. The van der Waals surface area contributed by atoms with E-state index in [9.17, 15) is 4.79 Å². The zero-order valence-corrected chi connectivity index (χ0v) is 16.4. The predicted octanol–water partition coefficient (Wildman–Crippen LogP) is 4.62. The van der Waals surface area contributed by atoms with Crippen LogP contribution in [0.3, 0.4) is 0 Å². The summed E-state index contributed by atoms with van der Waals surface area (Å²) in [5.74, 6) is 0.0875. The first-order valence-corrected chi connectivity index (χ1v) is 9.54. The first kappa shape index (κ1) is 19.2. The lowest BCUT2D eigenvalue weighted by molar-refractivity contribution is -0.123. The molecule has 0 bridgehead atoms. The second-order valence-electron chi connectivity index (χ2n) is 6.93. The molecule has 0 spiro atoms. The third-order valence-electron chi connectivity index (χ3n) is 4.60. The van der Waals surface area contributed by atoms with Crippen LogP contribution in [0.4, 0.5) is 0 Å². The average molecular weight is 382 g/mol. The monoisotopic (exact) mass is 381 g/mol. The fourth-order valence-corrected chi connectivity index (χ4v) is 3.31. The highest BCUT2D eigenvalue weighted by Gasteiger charge is 2.23. The molecule has 4 nitrogen and oxygen atoms in total. The van der Waals surface area contributed by atoms with Crippen LogP contribution < -0.4 is 5.32 Å². The molecule has 1 heterocycles. The smallest absolute Gasteiger partial charge is 0.227 e. The van der Waals surface area contributed by atoms with Crippen LogP contribution >= 0.6 is 11.6 Å². The van der Waals surface area contributed by atoms with Crippen molar-refractivity contribution in [2.75, 3.05) is 6.54 Å². The van der Waals surface area contributed by atoms with Crippen molar-refractivity contribution in [3.05, 3.63) is 83.1 Å². The van der Waals surface area contributed by atoms with E-state index in [1.807, 2.05) is 53.3 Å². The van der Waals surface area contributed by atoms with Crippen LogP contribution in [0.2, 0.25) is 5.02 Å². The van der Waals surface area contributed by atoms with Crippen LogP contribution in [0.5, 0.6) is 0 Å². The summed E-state index contributed by atoms with van der Waals surface area (Å²) in [5.41, 5.74) is 3.20. The predicted molar refractivity (Wildman–Crippen MR) is 109 cm³/mol. The van der Waals surface area contributed by atoms with Gasteiger partial charge in [0.25, 0.3) is 0 Å². The maximum Gasteiger partial charge on any atom is 0.227 e. The first-order valence-electron chi connectivity index (χ1n) is 9.17. The topological polar surface area (TPSA) is 46.9 Å². The molecule has 0 aliphatic heterocycles. The molecule has 3 aromatic rings. The van der Waals surface area contributed by atoms with Gasteiger partial charge < -0.3 is 5.32 Å². The number of carbonyl (C=O) groups is 1. The van der Waals surface area contributed by atoms with Crippen molar-refractivity contribution in [2.45, 2.75) is 26.2 Å². The highest BCUT2D eigenvalue weighted by Crippen LogP contribution is 2.26. The van der Waals surface area contributed by atoms with Gasteiger partial charge in [-0.2, -0.15) is 5.10 Å². The van der Waals surface area contributed by atoms with E-state index in [2.05, 4.69) is 36.4 Å². The van der Waals surface area contributed by atoms with Gasteiger partial charge >= 0.3 is 0 Å². The molecule has 27 heavy (non-hydrogen) atoms. The minimum Gasteiger partial charge on any atom is -0.355 e. The number of aromatic nitrogens is 2. The second kappa shape index (κ2) is 8.87. The fraction of sp³-hybridized carbons (Fsp3) is 0.273. The Morgan fingerprint density at radius 1 is 1.11 bits per heavy atom. The zero-order chi connectivity index (χ0) is 19.2. The van der Waals surface area contributed by atoms with Gasteiger partial charge in [0, 0.05) is 24.0 Å². The molecule has 0 saturated carbocycles. The van der Waals surface area contributed by atoms with E-state index in [0.29, 0.717) is 11.6 Å². The first-order chi connectivity index (χ1) is 13.0. The van der Waals surface area contributed by atoms with E-state index in [1.165, 1.54) is 5.56 Å². The lowest BCUT2D eigenvalue weighted by Gasteiger charge is -2.21. The number of nitrogens with zero attached hydrogens (tertiary/aromatic N) is 2. The van der Waals surface area contributed by atoms with Crippen LogP contribution in [-0.2, 0) is 11.2 Å². The van der Waals surface area contributed by atoms with Gasteiger partial charge in [0.05, 0.1) is 11.6 Å². The van der Waals surface area contributed by atoms with Crippen LogP contribution in [0.1, 0.15) is 30.9 Å². The van der Waals surface area contributed by atoms with Gasteiger partial charge in [0.1, 0.15) is 0 Å². The molecule has 0 saturated heterocycles. The van der Waals surface area contributed by atoms with Gasteiger partial charge in [0.15, 0.2) is 0 Å². The normalized spacial score (nSPS) is 12.1. The van der Waals surface area contributed by atoms with E-state index in [0.717, 1.165) is 17.7 Å². The number of hydrogen-bond donors (Lipinski definition) is 1. The number of benzene rings is 2. The summed E-state index contributed by atoms with van der Waals surface area (Å²) >= 11 is 5.96. The molecule has 0 unspecified atom stereocenters. The van der Waals surface area contributed by atoms with Crippen LogP contribution in [0.15, 0.2) is 67.0 Å². The molecule has 140 valence electrons. The Kier molecular flexibility index (Phi) is 6.30. The zero-order valence-electron chi connectivity index (χ0n) is 15.6. The van der Waals surface area contributed by atoms with E-state index < -0.39 is 0 Å². The fourth-order valence-electron chi connectivity index (χ4n) is 3.19. The molecule has 1 atom stereocenters. The third-order valence-corrected chi connectivity index (χ3v) is 4.85. The maximum atomic E-state index is 12.7. The van der Waals surface area contributed by atoms with E-state index >= 15 is 0 Å². The number of halogens is 1. The molecule has 0 radical (unpaired) electrons. The van der Waals surface area contributed by atoms with E-state index in [-0.39, 0.29) is 17.7 Å². The average Bonchev–Trinajstić information content (AvgIpc) is 3.18. The molecule has 0 aliphatic rings. The highest BCUT2D eigenvalue weighted by molar-refractivity contribution is 6.30. The number of carbonyl (C=O) groups excluding carboxylic acids is 1. The number of hydrogen-bond acceptors (Lipinski definition) is 2. The Balaban J connectivity index is 1.57. The van der Waals surface area contributed by atoms with Gasteiger partial charge in [-0.25, -0.2) is 4.68 Å². The number of rotatable bonds is 7. The summed E-state index contributed by atoms with van der Waals surface area (Å²) in [4.78, 5) is 12.7. The Morgan fingerprint density at radius 3 is 2.41 bits per heavy atom. The van der Waals surface area contributed by atoms with E-state index in [1.54, 1.807) is 6.20 Å². The van der Waals surface area contributed by atoms with Gasteiger partial charge in [-0.1, -0.05) is 49.7 Å². The van der Waals surface area contributed by atoms with Crippen LogP contribution in [-0.4, -0.2) is 22.2 Å². The summed E-state index contributed by atoms with van der Waals surface area (Å²) in [7, 11) is 0. The molecule has 3 rings (SSSR count). The Hall–Kier alpha value is -2.59. The highest BCUT2D eigenvalue weighted by atomic mass is 35.5. The minimum absolute atomic E-state index is 0.0560. The molecular weight excluding hydrogens is 358 g/mol. The van der Waals surface area contributed by atoms with Gasteiger partial charge in [0.2, 0.25) is 5.91 Å². The molecule has 1 amide bonds. The van der Waals surface area contributed by atoms with Crippen molar-refractivity contribution in [3.63, 3.8) is 0 Å². The van der Waals surface area contributed by atoms with Crippen molar-refractivity contribution in [3.8, 4) is 5.69 Å². The van der Waals surface area contributed by atoms with Crippen molar-refractivity contribution in [2.24, 2.45) is 5.92 Å². The molecule has 1 aromatic heterocycles. The van der Waals surface area contributed by atoms with Gasteiger partial charge in [-0.3, -0.25) is 4.79 Å². The van der Waals surface area contributed by atoms with Crippen molar-refractivity contribution < 1.29 is 4.79 Å². The molecular formula is C22H24ClN3O.